The van der Waals surface area contributed by atoms with Crippen molar-refractivity contribution in [3.63, 3.8) is 0 Å². The molecule has 4 aromatic rings. The fourth-order valence-corrected chi connectivity index (χ4v) is 3.82. The number of aromatic nitrogens is 2. The maximum atomic E-state index is 12.2. The summed E-state index contributed by atoms with van der Waals surface area (Å²) in [6, 6.07) is 12.2. The molecular weight excluding hydrogens is 433 g/mol. The number of hydrogen-bond donors (Lipinski definition) is 1. The molecule has 0 amide bonds. The molecule has 31 heavy (non-hydrogen) atoms. The summed E-state index contributed by atoms with van der Waals surface area (Å²) in [5.41, 5.74) is 1.74. The minimum atomic E-state index is -4.76. The van der Waals surface area contributed by atoms with Gasteiger partial charge in [0, 0.05) is 28.0 Å². The molecule has 0 unspecified atom stereocenters. The number of carboxylic acids is 1. The van der Waals surface area contributed by atoms with E-state index in [-0.39, 0.29) is 24.6 Å². The highest BCUT2D eigenvalue weighted by molar-refractivity contribution is 7.13. The van der Waals surface area contributed by atoms with Crippen LogP contribution in [-0.2, 0) is 6.54 Å². The van der Waals surface area contributed by atoms with Crippen molar-refractivity contribution in [3.8, 4) is 22.1 Å². The number of rotatable bonds is 7. The summed E-state index contributed by atoms with van der Waals surface area (Å²) in [5.74, 6) is -1.07. The van der Waals surface area contributed by atoms with Crippen LogP contribution in [0.25, 0.3) is 21.5 Å². The first kappa shape index (κ1) is 20.7. The molecule has 0 bridgehead atoms. The number of alkyl halides is 3. The molecule has 0 saturated heterocycles. The number of hydrogen-bond acceptors (Lipinski definition) is 5. The highest BCUT2D eigenvalue weighted by Gasteiger charge is 2.31. The topological polar surface area (TPSA) is 73.6 Å². The third-order valence-electron chi connectivity index (χ3n) is 4.44. The number of aromatic carboxylic acids is 1. The molecule has 2 heterocycles. The predicted octanol–water partition coefficient (Wildman–Crippen LogP) is 5.44. The van der Waals surface area contributed by atoms with Crippen LogP contribution in [-0.4, -0.2) is 33.6 Å². The first-order chi connectivity index (χ1) is 14.8. The van der Waals surface area contributed by atoms with Crippen LogP contribution in [0.4, 0.5) is 13.2 Å². The molecule has 0 atom stereocenters. The van der Waals surface area contributed by atoms with Gasteiger partial charge in [-0.15, -0.1) is 24.5 Å². The Kier molecular flexibility index (Phi) is 5.55. The third-order valence-corrected chi connectivity index (χ3v) is 5.26. The summed E-state index contributed by atoms with van der Waals surface area (Å²) in [7, 11) is 0. The quantitative estimate of drug-likeness (QED) is 0.408. The van der Waals surface area contributed by atoms with E-state index in [0.717, 1.165) is 33.6 Å². The van der Waals surface area contributed by atoms with E-state index >= 15 is 0 Å². The Morgan fingerprint density at radius 1 is 1.10 bits per heavy atom. The zero-order chi connectivity index (χ0) is 22.0. The first-order valence-corrected chi connectivity index (χ1v) is 9.93. The van der Waals surface area contributed by atoms with Gasteiger partial charge in [0.2, 0.25) is 0 Å². The number of carboxylic acid groups (broad SMARTS) is 1. The van der Waals surface area contributed by atoms with E-state index in [9.17, 15) is 23.1 Å². The zero-order valence-corrected chi connectivity index (χ0v) is 16.6. The van der Waals surface area contributed by atoms with Crippen LogP contribution >= 0.6 is 11.3 Å². The Bertz CT molecular complexity index is 1200. The standard InChI is InChI=1S/C21H15F3N2O4S/c22-21(23,24)30-16-4-2-15(3-5-16)29-9-8-26-17-6-1-13(19-25-7-10-31-19)11-14(17)12-18(26)20(27)28/h1-7,10-12H,8-9H2,(H,27,28). The van der Waals surface area contributed by atoms with Gasteiger partial charge in [-0.05, 0) is 48.5 Å². The SMILES string of the molecule is O=C(O)c1cc2cc(-c3nccs3)ccc2n1CCOc1ccc(OC(F)(F)F)cc1. The molecule has 0 spiro atoms. The molecule has 0 fully saturated rings. The zero-order valence-electron chi connectivity index (χ0n) is 15.8. The summed E-state index contributed by atoms with van der Waals surface area (Å²) in [6.07, 6.45) is -3.05. The fourth-order valence-electron chi connectivity index (χ4n) is 3.18. The van der Waals surface area contributed by atoms with Crippen LogP contribution in [0, 0.1) is 0 Å². The van der Waals surface area contributed by atoms with Crippen molar-refractivity contribution < 1.29 is 32.5 Å². The molecule has 160 valence electrons. The predicted molar refractivity (Wildman–Crippen MR) is 109 cm³/mol. The lowest BCUT2D eigenvalue weighted by Gasteiger charge is -2.12. The minimum absolute atomic E-state index is 0.115. The number of carbonyl (C=O) groups is 1. The number of thiazole rings is 1. The molecule has 6 nitrogen and oxygen atoms in total. The average molecular weight is 448 g/mol. The Hall–Kier alpha value is -3.53. The summed E-state index contributed by atoms with van der Waals surface area (Å²) in [6.45, 7) is 0.361. The van der Waals surface area contributed by atoms with Gasteiger partial charge in [-0.2, -0.15) is 0 Å². The molecule has 0 radical (unpaired) electrons. The van der Waals surface area contributed by atoms with Gasteiger partial charge in [-0.1, -0.05) is 0 Å². The van der Waals surface area contributed by atoms with Crippen LogP contribution in [0.1, 0.15) is 10.5 Å². The van der Waals surface area contributed by atoms with Gasteiger partial charge < -0.3 is 19.1 Å². The molecule has 0 saturated carbocycles. The Morgan fingerprint density at radius 3 is 2.48 bits per heavy atom. The lowest BCUT2D eigenvalue weighted by atomic mass is 10.1. The maximum Gasteiger partial charge on any atom is 0.573 e. The second-order valence-electron chi connectivity index (χ2n) is 6.46. The van der Waals surface area contributed by atoms with Gasteiger partial charge in [0.25, 0.3) is 0 Å². The van der Waals surface area contributed by atoms with Gasteiger partial charge in [0.05, 0.1) is 6.54 Å². The van der Waals surface area contributed by atoms with Crippen molar-refractivity contribution in [2.45, 2.75) is 12.9 Å². The van der Waals surface area contributed by atoms with Gasteiger partial charge in [0.15, 0.2) is 0 Å². The molecule has 2 aromatic heterocycles. The van der Waals surface area contributed by atoms with Gasteiger partial charge in [-0.25, -0.2) is 9.78 Å². The Morgan fingerprint density at radius 2 is 1.84 bits per heavy atom. The summed E-state index contributed by atoms with van der Waals surface area (Å²) < 4.78 is 47.7. The molecule has 1 N–H and O–H groups in total. The van der Waals surface area contributed by atoms with E-state index < -0.39 is 12.3 Å². The molecular formula is C21H15F3N2O4S. The number of ether oxygens (including phenoxy) is 2. The highest BCUT2D eigenvalue weighted by atomic mass is 32.1. The van der Waals surface area contributed by atoms with Crippen LogP contribution < -0.4 is 9.47 Å². The monoisotopic (exact) mass is 448 g/mol. The van der Waals surface area contributed by atoms with Crippen LogP contribution in [0.3, 0.4) is 0 Å². The number of halogens is 3. The lowest BCUT2D eigenvalue weighted by molar-refractivity contribution is -0.274. The number of benzene rings is 2. The van der Waals surface area contributed by atoms with Crippen LogP contribution in [0.5, 0.6) is 11.5 Å². The number of nitrogens with zero attached hydrogens (tertiary/aromatic N) is 2. The van der Waals surface area contributed by atoms with E-state index in [0.29, 0.717) is 5.75 Å². The second-order valence-corrected chi connectivity index (χ2v) is 7.36. The van der Waals surface area contributed by atoms with Crippen molar-refractivity contribution in [1.82, 2.24) is 9.55 Å². The summed E-state index contributed by atoms with van der Waals surface area (Å²) in [5, 5.41) is 13.1. The molecule has 4 rings (SSSR count). The van der Waals surface area contributed by atoms with Crippen LogP contribution in [0.2, 0.25) is 0 Å². The van der Waals surface area contributed by atoms with Gasteiger partial charge in [0.1, 0.15) is 28.8 Å². The van der Waals surface area contributed by atoms with Crippen molar-refractivity contribution in [2.24, 2.45) is 0 Å². The average Bonchev–Trinajstić information content (AvgIpc) is 3.36. The van der Waals surface area contributed by atoms with Gasteiger partial charge >= 0.3 is 12.3 Å². The fraction of sp³-hybridized carbons (Fsp3) is 0.143. The van der Waals surface area contributed by atoms with E-state index in [1.165, 1.54) is 23.5 Å². The highest BCUT2D eigenvalue weighted by Crippen LogP contribution is 2.29. The van der Waals surface area contributed by atoms with E-state index in [4.69, 9.17) is 4.74 Å². The van der Waals surface area contributed by atoms with Gasteiger partial charge in [-0.3, -0.25) is 0 Å². The van der Waals surface area contributed by atoms with Crippen molar-refractivity contribution in [2.75, 3.05) is 6.61 Å². The summed E-state index contributed by atoms with van der Waals surface area (Å²) in [4.78, 5) is 16.0. The van der Waals surface area contributed by atoms with Crippen LogP contribution in [0.15, 0.2) is 60.1 Å². The van der Waals surface area contributed by atoms with Crippen molar-refractivity contribution in [3.05, 3.63) is 65.8 Å². The molecule has 0 aliphatic rings. The van der Waals surface area contributed by atoms with Crippen molar-refractivity contribution >= 4 is 28.2 Å². The largest absolute Gasteiger partial charge is 0.573 e. The minimum Gasteiger partial charge on any atom is -0.492 e. The molecule has 0 aliphatic carbocycles. The first-order valence-electron chi connectivity index (χ1n) is 9.05. The van der Waals surface area contributed by atoms with E-state index in [1.807, 2.05) is 23.6 Å². The van der Waals surface area contributed by atoms with Crippen molar-refractivity contribution in [1.29, 1.82) is 0 Å². The second kappa shape index (κ2) is 8.31. The Balaban J connectivity index is 1.50. The smallest absolute Gasteiger partial charge is 0.492 e. The lowest BCUT2D eigenvalue weighted by Crippen LogP contribution is -2.17. The Labute approximate surface area is 178 Å². The summed E-state index contributed by atoms with van der Waals surface area (Å²) >= 11 is 1.49. The maximum absolute atomic E-state index is 12.2. The molecule has 2 aromatic carbocycles. The normalized spacial score (nSPS) is 11.6. The molecule has 0 aliphatic heterocycles. The molecule has 10 heteroatoms. The third kappa shape index (κ3) is 4.80. The number of fused-ring (bicyclic) bond motifs is 1. The van der Waals surface area contributed by atoms with E-state index in [1.54, 1.807) is 16.8 Å². The van der Waals surface area contributed by atoms with E-state index in [2.05, 4.69) is 9.72 Å².